The Morgan fingerprint density at radius 2 is 1.95 bits per heavy atom. The molecule has 5 rings (SSSR count). The third kappa shape index (κ3) is 7.05. The number of thioether (sulfide) groups is 1. The highest BCUT2D eigenvalue weighted by atomic mass is 35.5. The smallest absolute Gasteiger partial charge is 0.374 e. The van der Waals surface area contributed by atoms with Gasteiger partial charge in [-0.15, -0.1) is 0 Å². The van der Waals surface area contributed by atoms with Gasteiger partial charge >= 0.3 is 5.89 Å². The van der Waals surface area contributed by atoms with Crippen molar-refractivity contribution in [1.82, 2.24) is 0 Å². The number of azide groups is 1. The van der Waals surface area contributed by atoms with Crippen LogP contribution >= 0.6 is 23.4 Å². The number of allylic oxidation sites excluding steroid dienone is 2. The molecule has 0 saturated carbocycles. The molecular formula is C28H27ClN5O7S3+. The predicted molar refractivity (Wildman–Crippen MR) is 170 cm³/mol. The van der Waals surface area contributed by atoms with Crippen LogP contribution in [0, 0.1) is 0 Å². The van der Waals surface area contributed by atoms with Crippen LogP contribution in [0.1, 0.15) is 25.7 Å². The van der Waals surface area contributed by atoms with Crippen molar-refractivity contribution in [2.75, 3.05) is 17.3 Å². The maximum atomic E-state index is 12.1. The number of oxazole rings is 1. The van der Waals surface area contributed by atoms with E-state index < -0.39 is 37.9 Å². The van der Waals surface area contributed by atoms with Crippen molar-refractivity contribution in [3.63, 3.8) is 0 Å². The van der Waals surface area contributed by atoms with Gasteiger partial charge in [-0.25, -0.2) is 0 Å². The third-order valence-corrected chi connectivity index (χ3v) is 10.2. The molecule has 12 nitrogen and oxygen atoms in total. The number of fused-ring (bicyclic) bond motifs is 4. The number of hydrogen-bond donors (Lipinski definition) is 2. The molecule has 16 heteroatoms. The Morgan fingerprint density at radius 3 is 2.66 bits per heavy atom. The molecule has 3 aromatic carbocycles. The molecule has 1 unspecified atom stereocenters. The lowest BCUT2D eigenvalue weighted by Gasteiger charge is -2.19. The summed E-state index contributed by atoms with van der Waals surface area (Å²) in [5.41, 5.74) is 11.3. The van der Waals surface area contributed by atoms with Gasteiger partial charge in [0.1, 0.15) is 0 Å². The first-order valence-corrected chi connectivity index (χ1v) is 17.6. The van der Waals surface area contributed by atoms with Crippen molar-refractivity contribution in [3.8, 4) is 0 Å². The van der Waals surface area contributed by atoms with Crippen molar-refractivity contribution in [3.05, 3.63) is 92.6 Å². The molecule has 1 aromatic heterocycles. The van der Waals surface area contributed by atoms with E-state index in [1.54, 1.807) is 30.4 Å². The molecule has 0 bridgehead atoms. The number of aromatic nitrogens is 1. The highest BCUT2D eigenvalue weighted by Gasteiger charge is 2.31. The summed E-state index contributed by atoms with van der Waals surface area (Å²) in [6, 6.07) is 16.5. The summed E-state index contributed by atoms with van der Waals surface area (Å²) < 4.78 is 75.5. The van der Waals surface area contributed by atoms with E-state index in [4.69, 9.17) is 21.5 Å². The predicted octanol–water partition coefficient (Wildman–Crippen LogP) is 6.58. The summed E-state index contributed by atoms with van der Waals surface area (Å²) >= 11 is 7.51. The van der Waals surface area contributed by atoms with Gasteiger partial charge < -0.3 is 9.32 Å². The monoisotopic (exact) mass is 676 g/mol. The van der Waals surface area contributed by atoms with Crippen LogP contribution < -0.4 is 9.47 Å². The number of rotatable bonds is 11. The second kappa shape index (κ2) is 12.8. The fourth-order valence-electron chi connectivity index (χ4n) is 4.98. The number of benzene rings is 3. The molecule has 2 heterocycles. The maximum Gasteiger partial charge on any atom is 0.374 e. The number of hydrogen-bond acceptors (Lipinski definition) is 8. The van der Waals surface area contributed by atoms with Crippen LogP contribution in [0.15, 0.2) is 85.7 Å². The Labute approximate surface area is 262 Å². The van der Waals surface area contributed by atoms with Gasteiger partial charge in [0.05, 0.1) is 27.4 Å². The molecule has 0 fully saturated rings. The number of halogens is 1. The Morgan fingerprint density at radius 1 is 1.18 bits per heavy atom. The molecule has 0 radical (unpaired) electrons. The van der Waals surface area contributed by atoms with Crippen molar-refractivity contribution in [2.45, 2.75) is 36.5 Å². The summed E-state index contributed by atoms with van der Waals surface area (Å²) in [5.74, 6) is -0.289. The zero-order valence-corrected chi connectivity index (χ0v) is 26.4. The molecule has 230 valence electrons. The van der Waals surface area contributed by atoms with E-state index in [1.807, 2.05) is 47.9 Å². The van der Waals surface area contributed by atoms with Gasteiger partial charge in [0.2, 0.25) is 5.58 Å². The second-order valence-electron chi connectivity index (χ2n) is 9.97. The molecule has 1 aliphatic rings. The van der Waals surface area contributed by atoms with E-state index in [0.29, 0.717) is 39.2 Å². The van der Waals surface area contributed by atoms with Crippen LogP contribution in [0.3, 0.4) is 0 Å². The normalized spacial score (nSPS) is 15.6. The Hall–Kier alpha value is -3.56. The maximum absolute atomic E-state index is 12.1. The van der Waals surface area contributed by atoms with Gasteiger partial charge in [0.15, 0.2) is 12.4 Å². The first kappa shape index (κ1) is 31.9. The fraction of sp³-hybridized carbons (Fsp3) is 0.250. The van der Waals surface area contributed by atoms with Crippen LogP contribution in [0.5, 0.6) is 0 Å². The van der Waals surface area contributed by atoms with E-state index in [0.717, 1.165) is 21.2 Å². The van der Waals surface area contributed by atoms with Crippen molar-refractivity contribution < 1.29 is 34.9 Å². The molecule has 44 heavy (non-hydrogen) atoms. The Kier molecular flexibility index (Phi) is 9.28. The first-order chi connectivity index (χ1) is 20.9. The minimum absolute atomic E-state index is 0.0716. The first-order valence-electron chi connectivity index (χ1n) is 13.3. The highest BCUT2D eigenvalue weighted by Crippen LogP contribution is 2.47. The molecule has 2 N–H and O–H groups in total. The van der Waals surface area contributed by atoms with E-state index in [9.17, 15) is 25.9 Å². The van der Waals surface area contributed by atoms with Crippen molar-refractivity contribution >= 4 is 77.2 Å². The van der Waals surface area contributed by atoms with Gasteiger partial charge in [-0.2, -0.15) is 21.4 Å². The van der Waals surface area contributed by atoms with Gasteiger partial charge in [-0.05, 0) is 59.3 Å². The number of anilines is 1. The Balaban J connectivity index is 1.62. The highest BCUT2D eigenvalue weighted by molar-refractivity contribution is 8.03. The molecule has 0 saturated heterocycles. The minimum Gasteiger partial charge on any atom is -0.398 e. The molecule has 4 aromatic rings. The zero-order valence-electron chi connectivity index (χ0n) is 23.2. The lowest BCUT2D eigenvalue weighted by Crippen LogP contribution is -2.39. The van der Waals surface area contributed by atoms with Crippen LogP contribution in [-0.2, 0) is 26.8 Å². The summed E-state index contributed by atoms with van der Waals surface area (Å²) in [6.45, 7) is 1.57. The lowest BCUT2D eigenvalue weighted by atomic mass is 10.1. The standard InChI is InChI=1S/C28H26ClN5O7S3/c1-2-18(14-27-34(17-43(35,36)37)23-15-20(29)8-10-25(23)42-27)13-26-33(12-11-21(16-31-32-30)44(38,39)40)28-22-6-4-3-5-19(22)7-9-24(28)41-26/h3-10,13-15,21H,2,11-12,16-17H2,1H3,(H-,35,36,37,38,39,40)/p+1. The molecule has 0 amide bonds. The summed E-state index contributed by atoms with van der Waals surface area (Å²) in [5, 5.41) is 4.78. The van der Waals surface area contributed by atoms with E-state index in [-0.39, 0.29) is 13.0 Å². The largest absolute Gasteiger partial charge is 0.398 e. The van der Waals surface area contributed by atoms with E-state index in [1.165, 1.54) is 16.7 Å². The van der Waals surface area contributed by atoms with E-state index >= 15 is 0 Å². The third-order valence-electron chi connectivity index (χ3n) is 7.07. The Bertz CT molecular complexity index is 2090. The molecular weight excluding hydrogens is 650 g/mol. The van der Waals surface area contributed by atoms with Crippen LogP contribution in [0.2, 0.25) is 5.02 Å². The zero-order chi connectivity index (χ0) is 31.6. The molecule has 0 aliphatic carbocycles. The molecule has 0 spiro atoms. The average molecular weight is 677 g/mol. The van der Waals surface area contributed by atoms with Crippen molar-refractivity contribution in [2.24, 2.45) is 5.11 Å². The molecule has 1 aliphatic heterocycles. The van der Waals surface area contributed by atoms with Gasteiger partial charge in [0.25, 0.3) is 25.8 Å². The quantitative estimate of drug-likeness (QED) is 0.0584. The van der Waals surface area contributed by atoms with Gasteiger partial charge in [0, 0.05) is 27.8 Å². The topological polar surface area (TPSA) is 178 Å². The van der Waals surface area contributed by atoms with Crippen LogP contribution in [0.4, 0.5) is 5.69 Å². The second-order valence-corrected chi connectivity index (χ2v) is 14.6. The summed E-state index contributed by atoms with van der Waals surface area (Å²) in [6.07, 6.45) is 4.00. The van der Waals surface area contributed by atoms with Crippen molar-refractivity contribution in [1.29, 1.82) is 0 Å². The summed E-state index contributed by atoms with van der Waals surface area (Å²) in [4.78, 5) is 4.87. The van der Waals surface area contributed by atoms with Gasteiger partial charge in [-0.1, -0.05) is 59.7 Å². The SMILES string of the molecule is CCC(=Cc1oc2ccc3ccccc3c2[n+]1CCC(CN=[N+]=[N-])S(=O)(=O)O)C=C1Sc2ccc(Cl)cc2N1CS(=O)(=O)O. The summed E-state index contributed by atoms with van der Waals surface area (Å²) in [7, 11) is -8.90. The van der Waals surface area contributed by atoms with Crippen LogP contribution in [-0.4, -0.2) is 43.6 Å². The van der Waals surface area contributed by atoms with Crippen LogP contribution in [0.25, 0.3) is 38.4 Å². The van der Waals surface area contributed by atoms with Gasteiger partial charge in [-0.3, -0.25) is 9.11 Å². The number of nitrogens with zero attached hydrogens (tertiary/aromatic N) is 5. The molecule has 1 atom stereocenters. The average Bonchev–Trinajstić information content (AvgIpc) is 3.48. The fourth-order valence-corrected chi connectivity index (χ4v) is 7.61. The minimum atomic E-state index is -4.51. The number of aryl methyl sites for hydroxylation is 1. The van der Waals surface area contributed by atoms with E-state index in [2.05, 4.69) is 10.0 Å². The lowest BCUT2D eigenvalue weighted by molar-refractivity contribution is -0.677.